The Morgan fingerprint density at radius 2 is 1.90 bits per heavy atom. The van der Waals surface area contributed by atoms with Gasteiger partial charge in [-0.25, -0.2) is 4.79 Å². The molecule has 0 spiro atoms. The molecule has 1 aromatic rings. The molecular formula is C22H32N2O5S. The van der Waals surface area contributed by atoms with E-state index in [2.05, 4.69) is 10.2 Å². The van der Waals surface area contributed by atoms with Crippen LogP contribution >= 0.6 is 11.3 Å². The molecule has 0 radical (unpaired) electrons. The minimum Gasteiger partial charge on any atom is -0.462 e. The van der Waals surface area contributed by atoms with E-state index >= 15 is 0 Å². The molecule has 30 heavy (non-hydrogen) atoms. The summed E-state index contributed by atoms with van der Waals surface area (Å²) in [4.78, 5) is 29.1. The summed E-state index contributed by atoms with van der Waals surface area (Å²) in [6, 6.07) is -0.259. The van der Waals surface area contributed by atoms with Crippen molar-refractivity contribution in [1.82, 2.24) is 4.90 Å². The summed E-state index contributed by atoms with van der Waals surface area (Å²) in [5.74, 6) is 0.0154. The lowest BCUT2D eigenvalue weighted by Gasteiger charge is -2.36. The van der Waals surface area contributed by atoms with Gasteiger partial charge in [-0.15, -0.1) is 11.3 Å². The van der Waals surface area contributed by atoms with Gasteiger partial charge in [0, 0.05) is 10.8 Å². The average Bonchev–Trinajstić information content (AvgIpc) is 3.41. The molecule has 3 aliphatic rings. The van der Waals surface area contributed by atoms with Crippen molar-refractivity contribution in [3.63, 3.8) is 0 Å². The highest BCUT2D eigenvalue weighted by molar-refractivity contribution is 7.17. The first kappa shape index (κ1) is 21.7. The molecule has 1 aliphatic carbocycles. The fraction of sp³-hybridized carbons (Fsp3) is 0.727. The van der Waals surface area contributed by atoms with Crippen molar-refractivity contribution in [1.29, 1.82) is 0 Å². The van der Waals surface area contributed by atoms with Crippen LogP contribution in [0, 0.1) is 5.92 Å². The number of thiophene rings is 1. The smallest absolute Gasteiger partial charge is 0.341 e. The highest BCUT2D eigenvalue weighted by Gasteiger charge is 2.34. The predicted octanol–water partition coefficient (Wildman–Crippen LogP) is 3.22. The number of aryl methyl sites for hydroxylation is 1. The van der Waals surface area contributed by atoms with Crippen molar-refractivity contribution in [2.45, 2.75) is 64.7 Å². The summed E-state index contributed by atoms with van der Waals surface area (Å²) in [5.41, 5.74) is 1.65. The number of carbonyl (C=O) groups excluding carboxylic acids is 2. The first-order valence-electron chi connectivity index (χ1n) is 11.2. The van der Waals surface area contributed by atoms with Crippen LogP contribution in [0.15, 0.2) is 0 Å². The number of nitrogens with one attached hydrogen (secondary N) is 1. The molecule has 2 aliphatic heterocycles. The number of piperidine rings is 1. The third-order valence-electron chi connectivity index (χ3n) is 6.42. The van der Waals surface area contributed by atoms with Crippen LogP contribution in [0.2, 0.25) is 0 Å². The zero-order chi connectivity index (χ0) is 21.1. The molecule has 0 bridgehead atoms. The molecule has 1 atom stereocenters. The van der Waals surface area contributed by atoms with E-state index in [0.29, 0.717) is 36.3 Å². The first-order valence-corrected chi connectivity index (χ1v) is 12.0. The molecule has 0 aromatic carbocycles. The summed E-state index contributed by atoms with van der Waals surface area (Å²) < 4.78 is 16.6. The Labute approximate surface area is 182 Å². The van der Waals surface area contributed by atoms with E-state index < -0.39 is 0 Å². The van der Waals surface area contributed by atoms with Crippen molar-refractivity contribution in [3.8, 4) is 0 Å². The molecule has 2 saturated heterocycles. The topological polar surface area (TPSA) is 77.1 Å². The lowest BCUT2D eigenvalue weighted by atomic mass is 9.95. The molecule has 7 nitrogen and oxygen atoms in total. The van der Waals surface area contributed by atoms with Gasteiger partial charge >= 0.3 is 5.97 Å². The number of rotatable bonds is 6. The lowest BCUT2D eigenvalue weighted by Crippen LogP contribution is -2.47. The number of anilines is 1. The van der Waals surface area contributed by atoms with Gasteiger partial charge in [0.05, 0.1) is 31.4 Å². The number of hydrogen-bond acceptors (Lipinski definition) is 7. The summed E-state index contributed by atoms with van der Waals surface area (Å²) in [6.07, 6.45) is 5.89. The normalized spacial score (nSPS) is 21.9. The third-order valence-corrected chi connectivity index (χ3v) is 7.63. The number of esters is 1. The quantitative estimate of drug-likeness (QED) is 0.690. The number of hydrogen-bond donors (Lipinski definition) is 1. The predicted molar refractivity (Wildman–Crippen MR) is 115 cm³/mol. The van der Waals surface area contributed by atoms with Crippen molar-refractivity contribution in [2.24, 2.45) is 5.92 Å². The molecular weight excluding hydrogens is 404 g/mol. The van der Waals surface area contributed by atoms with Crippen molar-refractivity contribution in [2.75, 3.05) is 38.2 Å². The molecule has 1 amide bonds. The number of fused-ring (bicyclic) bond motifs is 1. The van der Waals surface area contributed by atoms with Crippen molar-refractivity contribution < 1.29 is 23.8 Å². The molecule has 3 heterocycles. The highest BCUT2D eigenvalue weighted by Crippen LogP contribution is 2.39. The maximum Gasteiger partial charge on any atom is 0.341 e. The fourth-order valence-corrected chi connectivity index (χ4v) is 5.96. The highest BCUT2D eigenvalue weighted by atomic mass is 32.1. The zero-order valence-corrected chi connectivity index (χ0v) is 18.7. The molecule has 0 saturated carbocycles. The van der Waals surface area contributed by atoms with Gasteiger partial charge in [0.25, 0.3) is 0 Å². The molecule has 1 N–H and O–H groups in total. The fourth-order valence-electron chi connectivity index (χ4n) is 4.68. The first-order chi connectivity index (χ1) is 14.6. The minimum atomic E-state index is -0.322. The van der Waals surface area contributed by atoms with Gasteiger partial charge in [0.2, 0.25) is 5.91 Å². The van der Waals surface area contributed by atoms with Gasteiger partial charge < -0.3 is 19.5 Å². The minimum absolute atomic E-state index is 0.0639. The second kappa shape index (κ2) is 9.77. The van der Waals surface area contributed by atoms with Crippen LogP contribution in [0.1, 0.15) is 60.3 Å². The zero-order valence-electron chi connectivity index (χ0n) is 17.9. The van der Waals surface area contributed by atoms with Gasteiger partial charge in [0.15, 0.2) is 6.29 Å². The van der Waals surface area contributed by atoms with E-state index in [1.165, 1.54) is 4.88 Å². The Bertz CT molecular complexity index is 766. The second-order valence-corrected chi connectivity index (χ2v) is 9.39. The van der Waals surface area contributed by atoms with E-state index in [-0.39, 0.29) is 24.2 Å². The van der Waals surface area contributed by atoms with E-state index in [4.69, 9.17) is 14.2 Å². The maximum absolute atomic E-state index is 13.0. The standard InChI is InChI=1S/C22H32N2O5S/c1-3-27-21(26)18-16-6-4-5-7-17(16)30-20(18)23-19(25)14(2)24-10-8-15(9-11-24)22-28-12-13-29-22/h14-15,22H,3-13H2,1-2H3,(H,23,25). The summed E-state index contributed by atoms with van der Waals surface area (Å²) in [7, 11) is 0. The van der Waals surface area contributed by atoms with Gasteiger partial charge in [0.1, 0.15) is 5.00 Å². The Balaban J connectivity index is 1.41. The molecule has 8 heteroatoms. The maximum atomic E-state index is 13.0. The summed E-state index contributed by atoms with van der Waals surface area (Å²) >= 11 is 1.54. The van der Waals surface area contributed by atoms with Crippen molar-refractivity contribution in [3.05, 3.63) is 16.0 Å². The Morgan fingerprint density at radius 1 is 1.20 bits per heavy atom. The van der Waals surface area contributed by atoms with Crippen LogP contribution < -0.4 is 5.32 Å². The number of amides is 1. The van der Waals surface area contributed by atoms with Crippen molar-refractivity contribution >= 4 is 28.2 Å². The van der Waals surface area contributed by atoms with Crippen LogP contribution in [0.4, 0.5) is 5.00 Å². The molecule has 4 rings (SSSR count). The van der Waals surface area contributed by atoms with Gasteiger partial charge in [-0.05, 0) is 71.0 Å². The average molecular weight is 437 g/mol. The van der Waals surface area contributed by atoms with Gasteiger partial charge in [-0.1, -0.05) is 0 Å². The largest absolute Gasteiger partial charge is 0.462 e. The monoisotopic (exact) mass is 436 g/mol. The van der Waals surface area contributed by atoms with E-state index in [1.54, 1.807) is 11.3 Å². The number of likely N-dealkylation sites (tertiary alicyclic amines) is 1. The van der Waals surface area contributed by atoms with Gasteiger partial charge in [-0.3, -0.25) is 9.69 Å². The van der Waals surface area contributed by atoms with Gasteiger partial charge in [-0.2, -0.15) is 0 Å². The number of carbonyl (C=O) groups is 2. The molecule has 1 unspecified atom stereocenters. The van der Waals surface area contributed by atoms with Crippen LogP contribution in [0.5, 0.6) is 0 Å². The second-order valence-electron chi connectivity index (χ2n) is 8.28. The SMILES string of the molecule is CCOC(=O)c1c(NC(=O)C(C)N2CCC(C3OCCO3)CC2)sc2c1CCCC2. The molecule has 2 fully saturated rings. The molecule has 1 aromatic heterocycles. The molecule has 166 valence electrons. The number of nitrogens with zero attached hydrogens (tertiary/aromatic N) is 1. The van der Waals surface area contributed by atoms with E-state index in [9.17, 15) is 9.59 Å². The number of ether oxygens (including phenoxy) is 3. The lowest BCUT2D eigenvalue weighted by molar-refractivity contribution is -0.123. The van der Waals surface area contributed by atoms with E-state index in [1.807, 2.05) is 13.8 Å². The third kappa shape index (κ3) is 4.56. The Kier molecular flexibility index (Phi) is 7.08. The Hall–Kier alpha value is -1.48. The summed E-state index contributed by atoms with van der Waals surface area (Å²) in [5, 5.41) is 3.71. The van der Waals surface area contributed by atoms with Crippen LogP contribution in [0.25, 0.3) is 0 Å². The Morgan fingerprint density at radius 3 is 2.60 bits per heavy atom. The van der Waals surface area contributed by atoms with Crippen LogP contribution in [-0.2, 0) is 31.8 Å². The van der Waals surface area contributed by atoms with E-state index in [0.717, 1.165) is 57.2 Å². The summed E-state index contributed by atoms with van der Waals surface area (Å²) in [6.45, 7) is 7.12. The van der Waals surface area contributed by atoms with Crippen LogP contribution in [0.3, 0.4) is 0 Å². The van der Waals surface area contributed by atoms with Crippen LogP contribution in [-0.4, -0.2) is 62.0 Å².